The van der Waals surface area contributed by atoms with E-state index in [1.54, 1.807) is 66.7 Å². The van der Waals surface area contributed by atoms with Crippen molar-refractivity contribution < 1.29 is 45.9 Å². The van der Waals surface area contributed by atoms with E-state index in [4.69, 9.17) is 23.1 Å². The maximum atomic E-state index is 13.1. The topological polar surface area (TPSA) is 149 Å². The smallest absolute Gasteiger partial charge is 0.367 e. The molecule has 5 rings (SSSR count). The highest BCUT2D eigenvalue weighted by atomic mass is 32.2. The number of ether oxygens (including phenoxy) is 4. The third kappa shape index (κ3) is 6.71. The lowest BCUT2D eigenvalue weighted by Crippen LogP contribution is -2.43. The quantitative estimate of drug-likeness (QED) is 0.198. The van der Waals surface area contributed by atoms with Crippen molar-refractivity contribution >= 4 is 28.2 Å². The Bertz CT molecular complexity index is 1610. The Labute approximate surface area is 240 Å². The maximum absolute atomic E-state index is 13.1. The van der Waals surface area contributed by atoms with Crippen molar-refractivity contribution in [3.63, 3.8) is 0 Å². The number of benzene rings is 3. The summed E-state index contributed by atoms with van der Waals surface area (Å²) in [5.74, 6) is -2.41. The Morgan fingerprint density at radius 2 is 1.26 bits per heavy atom. The number of esters is 3. The van der Waals surface area contributed by atoms with E-state index >= 15 is 0 Å². The minimum atomic E-state index is -4.58. The summed E-state index contributed by atoms with van der Waals surface area (Å²) >= 11 is 0. The molecule has 4 aromatic rings. The molecule has 3 aromatic carbocycles. The number of nitrogens with zero attached hydrogens (tertiary/aromatic N) is 2. The zero-order chi connectivity index (χ0) is 29.5. The van der Waals surface area contributed by atoms with E-state index in [2.05, 4.69) is 4.98 Å². The SMILES string of the molecule is O=C(OC[C@H]1O[C@@H](OC(=O)c2ccccc2)[C@H](OS(=O)(=O)n2ccnc2)[C@@H]1OC(=O)c1ccccc1)c1ccccc1. The predicted molar refractivity (Wildman–Crippen MR) is 144 cm³/mol. The summed E-state index contributed by atoms with van der Waals surface area (Å²) in [7, 11) is -4.58. The molecular weight excluding hydrogens is 568 g/mol. The molecule has 216 valence electrons. The first-order valence-electron chi connectivity index (χ1n) is 12.6. The van der Waals surface area contributed by atoms with Crippen molar-refractivity contribution in [1.29, 1.82) is 0 Å². The Kier molecular flexibility index (Phi) is 8.71. The van der Waals surface area contributed by atoms with Gasteiger partial charge in [-0.1, -0.05) is 54.6 Å². The minimum absolute atomic E-state index is 0.147. The highest BCUT2D eigenvalue weighted by molar-refractivity contribution is 7.85. The van der Waals surface area contributed by atoms with Crippen molar-refractivity contribution in [2.75, 3.05) is 6.61 Å². The van der Waals surface area contributed by atoms with E-state index in [0.29, 0.717) is 3.97 Å². The number of rotatable bonds is 10. The summed E-state index contributed by atoms with van der Waals surface area (Å²) in [5, 5.41) is 0. The lowest BCUT2D eigenvalue weighted by molar-refractivity contribution is -0.135. The first-order chi connectivity index (χ1) is 20.3. The van der Waals surface area contributed by atoms with Gasteiger partial charge in [-0.3, -0.25) is 0 Å². The van der Waals surface area contributed by atoms with Crippen molar-refractivity contribution in [2.45, 2.75) is 24.6 Å². The van der Waals surface area contributed by atoms with Crippen LogP contribution in [0.15, 0.2) is 110 Å². The maximum Gasteiger partial charge on any atom is 0.367 e. The van der Waals surface area contributed by atoms with Crippen LogP contribution in [0.3, 0.4) is 0 Å². The van der Waals surface area contributed by atoms with Crippen molar-refractivity contribution in [1.82, 2.24) is 8.96 Å². The lowest BCUT2D eigenvalue weighted by Gasteiger charge is -2.23. The van der Waals surface area contributed by atoms with Gasteiger partial charge in [0.1, 0.15) is 19.0 Å². The molecule has 0 spiro atoms. The molecule has 1 aliphatic rings. The lowest BCUT2D eigenvalue weighted by atomic mass is 10.1. The van der Waals surface area contributed by atoms with E-state index < -0.39 is 59.4 Å². The summed E-state index contributed by atoms with van der Waals surface area (Å²) in [6, 6.07) is 23.9. The third-order valence-corrected chi connectivity index (χ3v) is 7.31. The Hall–Kier alpha value is -4.85. The average Bonchev–Trinajstić information content (AvgIpc) is 3.67. The number of hydrogen-bond donors (Lipinski definition) is 0. The largest absolute Gasteiger partial charge is 0.459 e. The molecule has 1 saturated heterocycles. The summed E-state index contributed by atoms with van der Waals surface area (Å²) in [6.07, 6.45) is -2.85. The van der Waals surface area contributed by atoms with Crippen LogP contribution in [0.2, 0.25) is 0 Å². The first-order valence-corrected chi connectivity index (χ1v) is 14.0. The molecule has 4 atom stereocenters. The van der Waals surface area contributed by atoms with Gasteiger partial charge in [-0.2, -0.15) is 8.42 Å². The van der Waals surface area contributed by atoms with Crippen molar-refractivity contribution in [3.8, 4) is 0 Å². The zero-order valence-electron chi connectivity index (χ0n) is 21.8. The molecule has 1 fully saturated rings. The molecule has 12 nitrogen and oxygen atoms in total. The second-order valence-electron chi connectivity index (χ2n) is 8.93. The predicted octanol–water partition coefficient (Wildman–Crippen LogP) is 3.03. The minimum Gasteiger partial charge on any atom is -0.459 e. The fraction of sp³-hybridized carbons (Fsp3) is 0.172. The number of carbonyl (C=O) groups is 3. The van der Waals surface area contributed by atoms with Gasteiger partial charge in [0, 0.05) is 12.4 Å². The summed E-state index contributed by atoms with van der Waals surface area (Å²) in [6.45, 7) is -0.495. The van der Waals surface area contributed by atoms with Gasteiger partial charge in [-0.15, -0.1) is 0 Å². The highest BCUT2D eigenvalue weighted by Gasteiger charge is 2.53. The van der Waals surface area contributed by atoms with E-state index in [-0.39, 0.29) is 16.7 Å². The molecule has 2 heterocycles. The van der Waals surface area contributed by atoms with Crippen molar-refractivity contribution in [2.24, 2.45) is 0 Å². The van der Waals surface area contributed by atoms with E-state index in [1.807, 2.05) is 0 Å². The van der Waals surface area contributed by atoms with E-state index in [9.17, 15) is 22.8 Å². The van der Waals surface area contributed by atoms with Gasteiger partial charge in [0.25, 0.3) is 0 Å². The van der Waals surface area contributed by atoms with Crippen molar-refractivity contribution in [3.05, 3.63) is 126 Å². The van der Waals surface area contributed by atoms with Gasteiger partial charge in [0.05, 0.1) is 16.7 Å². The van der Waals surface area contributed by atoms with Gasteiger partial charge < -0.3 is 18.9 Å². The summed E-state index contributed by atoms with van der Waals surface area (Å²) in [4.78, 5) is 42.4. The van der Waals surface area contributed by atoms with Crippen LogP contribution in [-0.4, -0.2) is 66.5 Å². The van der Waals surface area contributed by atoms with Crippen LogP contribution in [0.25, 0.3) is 0 Å². The Morgan fingerprint density at radius 3 is 1.79 bits per heavy atom. The summed E-state index contributed by atoms with van der Waals surface area (Å²) in [5.41, 5.74) is 0.545. The fourth-order valence-corrected chi connectivity index (χ4v) is 5.02. The third-order valence-electron chi connectivity index (χ3n) is 6.11. The second-order valence-corrected chi connectivity index (χ2v) is 10.4. The standard InChI is InChI=1S/C29H24N2O10S/c32-26(20-10-4-1-5-11-20)37-18-23-24(39-27(33)21-12-6-2-7-13-21)25(41-42(35,36)31-17-16-30-19-31)29(38-23)40-28(34)22-14-8-3-9-15-22/h1-17,19,23-25,29H,18H2/t23-,24-,25-,29+/m1/s1. The second kappa shape index (κ2) is 12.8. The van der Waals surface area contributed by atoms with Crippen LogP contribution in [0, 0.1) is 0 Å². The average molecular weight is 593 g/mol. The van der Waals surface area contributed by atoms with Gasteiger partial charge in [-0.25, -0.2) is 27.5 Å². The molecule has 1 aromatic heterocycles. The molecule has 0 amide bonds. The van der Waals surface area contributed by atoms with E-state index in [1.165, 1.54) is 30.5 Å². The normalized spacial score (nSPS) is 20.0. The van der Waals surface area contributed by atoms with Gasteiger partial charge >= 0.3 is 28.2 Å². The monoisotopic (exact) mass is 592 g/mol. The zero-order valence-corrected chi connectivity index (χ0v) is 22.6. The number of carbonyl (C=O) groups excluding carboxylic acids is 3. The molecule has 42 heavy (non-hydrogen) atoms. The highest BCUT2D eigenvalue weighted by Crippen LogP contribution is 2.31. The van der Waals surface area contributed by atoms with Crippen LogP contribution in [0.4, 0.5) is 0 Å². The molecular formula is C29H24N2O10S. The number of aromatic nitrogens is 2. The molecule has 0 unspecified atom stereocenters. The molecule has 0 N–H and O–H groups in total. The van der Waals surface area contributed by atoms with Gasteiger partial charge in [0.15, 0.2) is 12.2 Å². The van der Waals surface area contributed by atoms with Crippen LogP contribution in [-0.2, 0) is 33.4 Å². The molecule has 0 saturated carbocycles. The summed E-state index contributed by atoms with van der Waals surface area (Å²) < 4.78 is 54.7. The van der Waals surface area contributed by atoms with Crippen LogP contribution in [0.5, 0.6) is 0 Å². The molecule has 1 aliphatic heterocycles. The first kappa shape index (κ1) is 28.7. The van der Waals surface area contributed by atoms with Crippen LogP contribution >= 0.6 is 0 Å². The van der Waals surface area contributed by atoms with Gasteiger partial charge in [0.2, 0.25) is 6.29 Å². The van der Waals surface area contributed by atoms with Gasteiger partial charge in [-0.05, 0) is 36.4 Å². The fourth-order valence-electron chi connectivity index (χ4n) is 4.06. The molecule has 0 bridgehead atoms. The molecule has 0 aliphatic carbocycles. The van der Waals surface area contributed by atoms with Crippen LogP contribution in [0.1, 0.15) is 31.1 Å². The number of hydrogen-bond acceptors (Lipinski definition) is 11. The molecule has 0 radical (unpaired) electrons. The Morgan fingerprint density at radius 1 is 0.738 bits per heavy atom. The number of imidazole rings is 1. The van der Waals surface area contributed by atoms with E-state index in [0.717, 1.165) is 12.5 Å². The molecule has 13 heteroatoms. The Balaban J connectivity index is 1.46. The van der Waals surface area contributed by atoms with Crippen LogP contribution < -0.4 is 0 Å².